The first-order valence-electron chi connectivity index (χ1n) is 9.72. The minimum atomic E-state index is -0.204. The highest BCUT2D eigenvalue weighted by atomic mass is 16.5. The summed E-state index contributed by atoms with van der Waals surface area (Å²) in [6.45, 7) is 2.93. The fourth-order valence-electron chi connectivity index (χ4n) is 3.52. The average molecular weight is 409 g/mol. The van der Waals surface area contributed by atoms with Crippen molar-refractivity contribution in [2.75, 3.05) is 32.3 Å². The van der Waals surface area contributed by atoms with E-state index in [0.717, 1.165) is 11.3 Å². The summed E-state index contributed by atoms with van der Waals surface area (Å²) in [4.78, 5) is 18.9. The van der Waals surface area contributed by atoms with Gasteiger partial charge in [0.1, 0.15) is 17.2 Å². The van der Waals surface area contributed by atoms with E-state index in [2.05, 4.69) is 10.1 Å². The van der Waals surface area contributed by atoms with E-state index < -0.39 is 0 Å². The molecule has 1 atom stereocenters. The molecular weight excluding hydrogens is 386 g/mol. The Bertz CT molecular complexity index is 1050. The highest BCUT2D eigenvalue weighted by Gasteiger charge is 2.36. The normalized spacial score (nSPS) is 16.0. The Morgan fingerprint density at radius 3 is 2.77 bits per heavy atom. The standard InChI is InChI=1S/C22H23N3O5/c1-4-29-17-7-5-6-14(10-17)21-23-22(30-24-21)15-11-20(26)25(13-15)18-12-16(27-2)8-9-19(18)28-3/h5-10,12,15H,4,11,13H2,1-3H3. The van der Waals surface area contributed by atoms with Gasteiger partial charge in [-0.2, -0.15) is 4.98 Å². The number of hydrogen-bond donors (Lipinski definition) is 0. The van der Waals surface area contributed by atoms with Crippen LogP contribution in [0.5, 0.6) is 17.2 Å². The Labute approximate surface area is 174 Å². The van der Waals surface area contributed by atoms with Crippen molar-refractivity contribution in [3.05, 3.63) is 48.4 Å². The quantitative estimate of drug-likeness (QED) is 0.588. The van der Waals surface area contributed by atoms with Crippen LogP contribution in [0.15, 0.2) is 47.0 Å². The van der Waals surface area contributed by atoms with Crippen molar-refractivity contribution in [1.82, 2.24) is 10.1 Å². The first-order valence-corrected chi connectivity index (χ1v) is 9.72. The molecule has 8 nitrogen and oxygen atoms in total. The van der Waals surface area contributed by atoms with E-state index in [1.165, 1.54) is 0 Å². The highest BCUT2D eigenvalue weighted by molar-refractivity contribution is 5.98. The topological polar surface area (TPSA) is 86.9 Å². The van der Waals surface area contributed by atoms with Gasteiger partial charge in [-0.3, -0.25) is 4.79 Å². The number of anilines is 1. The zero-order valence-corrected chi connectivity index (χ0v) is 17.1. The maximum atomic E-state index is 12.7. The molecular formula is C22H23N3O5. The number of rotatable bonds is 7. The third-order valence-corrected chi connectivity index (χ3v) is 5.00. The minimum Gasteiger partial charge on any atom is -0.497 e. The summed E-state index contributed by atoms with van der Waals surface area (Å²) in [7, 11) is 3.16. The minimum absolute atomic E-state index is 0.0374. The SMILES string of the molecule is CCOc1cccc(-c2noc(C3CC(=O)N(c4cc(OC)ccc4OC)C3)n2)c1. The summed E-state index contributed by atoms with van der Waals surface area (Å²) in [5, 5.41) is 4.10. The van der Waals surface area contributed by atoms with Crippen LogP contribution in [0.2, 0.25) is 0 Å². The Morgan fingerprint density at radius 1 is 1.13 bits per heavy atom. The molecule has 1 fully saturated rings. The number of carbonyl (C=O) groups is 1. The molecule has 1 saturated heterocycles. The van der Waals surface area contributed by atoms with Gasteiger partial charge in [0, 0.05) is 24.6 Å². The van der Waals surface area contributed by atoms with Crippen LogP contribution in [0.1, 0.15) is 25.2 Å². The zero-order chi connectivity index (χ0) is 21.1. The van der Waals surface area contributed by atoms with Crippen molar-refractivity contribution in [2.24, 2.45) is 0 Å². The molecule has 30 heavy (non-hydrogen) atoms. The van der Waals surface area contributed by atoms with Crippen molar-refractivity contribution in [2.45, 2.75) is 19.3 Å². The Balaban J connectivity index is 1.56. The van der Waals surface area contributed by atoms with Gasteiger partial charge in [-0.25, -0.2) is 0 Å². The number of ether oxygens (including phenoxy) is 3. The van der Waals surface area contributed by atoms with Gasteiger partial charge >= 0.3 is 0 Å². The molecule has 0 saturated carbocycles. The molecule has 0 aliphatic carbocycles. The molecule has 1 aromatic heterocycles. The van der Waals surface area contributed by atoms with Crippen LogP contribution in [0, 0.1) is 0 Å². The fraction of sp³-hybridized carbons (Fsp3) is 0.318. The van der Waals surface area contributed by atoms with Crippen molar-refractivity contribution in [3.8, 4) is 28.6 Å². The first kappa shape index (κ1) is 19.8. The van der Waals surface area contributed by atoms with Gasteiger partial charge in [0.05, 0.1) is 32.4 Å². The molecule has 2 aromatic carbocycles. The molecule has 0 spiro atoms. The third kappa shape index (κ3) is 3.80. The second-order valence-corrected chi connectivity index (χ2v) is 6.86. The maximum Gasteiger partial charge on any atom is 0.232 e. The van der Waals surface area contributed by atoms with Crippen molar-refractivity contribution in [3.63, 3.8) is 0 Å². The lowest BCUT2D eigenvalue weighted by atomic mass is 10.1. The zero-order valence-electron chi connectivity index (χ0n) is 17.1. The molecule has 1 aliphatic heterocycles. The van der Waals surface area contributed by atoms with Gasteiger partial charge in [-0.1, -0.05) is 17.3 Å². The number of carbonyl (C=O) groups excluding carboxylic acids is 1. The Kier molecular flexibility index (Phi) is 5.56. The molecule has 2 heterocycles. The van der Waals surface area contributed by atoms with Crippen molar-refractivity contribution in [1.29, 1.82) is 0 Å². The van der Waals surface area contributed by atoms with E-state index in [1.807, 2.05) is 31.2 Å². The predicted molar refractivity (Wildman–Crippen MR) is 110 cm³/mol. The summed E-state index contributed by atoms with van der Waals surface area (Å²) >= 11 is 0. The van der Waals surface area contributed by atoms with Crippen LogP contribution in [-0.2, 0) is 4.79 Å². The van der Waals surface area contributed by atoms with Crippen LogP contribution in [0.3, 0.4) is 0 Å². The van der Waals surface area contributed by atoms with Crippen LogP contribution in [-0.4, -0.2) is 43.4 Å². The monoisotopic (exact) mass is 409 g/mol. The Morgan fingerprint density at radius 2 is 2.00 bits per heavy atom. The smallest absolute Gasteiger partial charge is 0.232 e. The second kappa shape index (κ2) is 8.44. The maximum absolute atomic E-state index is 12.7. The lowest BCUT2D eigenvalue weighted by Gasteiger charge is -2.20. The molecule has 1 amide bonds. The molecule has 1 unspecified atom stereocenters. The molecule has 3 aromatic rings. The molecule has 0 bridgehead atoms. The van der Waals surface area contributed by atoms with Gasteiger partial charge in [-0.05, 0) is 31.2 Å². The summed E-state index contributed by atoms with van der Waals surface area (Å²) in [6, 6.07) is 12.9. The highest BCUT2D eigenvalue weighted by Crippen LogP contribution is 2.38. The average Bonchev–Trinajstić information content (AvgIpc) is 3.41. The lowest BCUT2D eigenvalue weighted by molar-refractivity contribution is -0.117. The first-order chi connectivity index (χ1) is 14.6. The molecule has 8 heteroatoms. The molecule has 1 aliphatic rings. The summed E-state index contributed by atoms with van der Waals surface area (Å²) < 4.78 is 21.8. The van der Waals surface area contributed by atoms with Gasteiger partial charge in [0.2, 0.25) is 17.6 Å². The van der Waals surface area contributed by atoms with Gasteiger partial charge < -0.3 is 23.6 Å². The molecule has 0 radical (unpaired) electrons. The van der Waals surface area contributed by atoms with Crippen LogP contribution in [0.4, 0.5) is 5.69 Å². The Hall–Kier alpha value is -3.55. The largest absolute Gasteiger partial charge is 0.497 e. The molecule has 156 valence electrons. The van der Waals surface area contributed by atoms with Crippen LogP contribution >= 0.6 is 0 Å². The summed E-state index contributed by atoms with van der Waals surface area (Å²) in [5.41, 5.74) is 1.46. The number of benzene rings is 2. The number of hydrogen-bond acceptors (Lipinski definition) is 7. The van der Waals surface area contributed by atoms with Gasteiger partial charge in [-0.15, -0.1) is 0 Å². The number of nitrogens with zero attached hydrogens (tertiary/aromatic N) is 3. The van der Waals surface area contributed by atoms with E-state index in [9.17, 15) is 4.79 Å². The molecule has 0 N–H and O–H groups in total. The van der Waals surface area contributed by atoms with E-state index in [1.54, 1.807) is 37.3 Å². The summed E-state index contributed by atoms with van der Waals surface area (Å²) in [6.07, 6.45) is 0.279. The van der Waals surface area contributed by atoms with E-state index in [0.29, 0.717) is 42.1 Å². The fourth-order valence-corrected chi connectivity index (χ4v) is 3.52. The van der Waals surface area contributed by atoms with Crippen molar-refractivity contribution >= 4 is 11.6 Å². The predicted octanol–water partition coefficient (Wildman–Crippen LogP) is 3.67. The van der Waals surface area contributed by atoms with E-state index in [4.69, 9.17) is 18.7 Å². The van der Waals surface area contributed by atoms with E-state index in [-0.39, 0.29) is 18.2 Å². The molecule has 4 rings (SSSR count). The number of amides is 1. The number of methoxy groups -OCH3 is 2. The lowest BCUT2D eigenvalue weighted by Crippen LogP contribution is -2.24. The third-order valence-electron chi connectivity index (χ3n) is 5.00. The van der Waals surface area contributed by atoms with Crippen LogP contribution < -0.4 is 19.1 Å². The summed E-state index contributed by atoms with van der Waals surface area (Å²) in [5.74, 6) is 2.66. The van der Waals surface area contributed by atoms with Gasteiger partial charge in [0.25, 0.3) is 0 Å². The van der Waals surface area contributed by atoms with Crippen LogP contribution in [0.25, 0.3) is 11.4 Å². The van der Waals surface area contributed by atoms with E-state index >= 15 is 0 Å². The van der Waals surface area contributed by atoms with Gasteiger partial charge in [0.15, 0.2) is 0 Å². The van der Waals surface area contributed by atoms with Crippen molar-refractivity contribution < 1.29 is 23.5 Å². The number of aromatic nitrogens is 2. The second-order valence-electron chi connectivity index (χ2n) is 6.86.